The maximum absolute atomic E-state index is 12.5. The van der Waals surface area contributed by atoms with Crippen molar-refractivity contribution in [1.82, 2.24) is 4.90 Å². The van der Waals surface area contributed by atoms with E-state index in [4.69, 9.17) is 0 Å². The molecule has 1 saturated heterocycles. The Morgan fingerprint density at radius 2 is 1.48 bits per heavy atom. The molecule has 2 aromatic rings. The number of hydrogen-bond acceptors (Lipinski definition) is 4. The van der Waals surface area contributed by atoms with Gasteiger partial charge >= 0.3 is 0 Å². The van der Waals surface area contributed by atoms with Crippen LogP contribution >= 0.6 is 0 Å². The number of anilines is 2. The van der Waals surface area contributed by atoms with Gasteiger partial charge in [0.25, 0.3) is 5.91 Å². The van der Waals surface area contributed by atoms with Crippen LogP contribution in [0.3, 0.4) is 0 Å². The lowest BCUT2D eigenvalue weighted by atomic mass is 10.1. The molecule has 1 fully saturated rings. The fraction of sp³-hybridized carbons (Fsp3) is 0.261. The van der Waals surface area contributed by atoms with E-state index in [0.29, 0.717) is 29.9 Å². The molecule has 0 aliphatic carbocycles. The zero-order chi connectivity index (χ0) is 20.8. The molecule has 0 unspecified atom stereocenters. The second kappa shape index (κ2) is 9.19. The van der Waals surface area contributed by atoms with E-state index in [2.05, 4.69) is 22.3 Å². The second-order valence-electron chi connectivity index (χ2n) is 7.06. The second-order valence-corrected chi connectivity index (χ2v) is 7.06. The molecule has 1 aliphatic rings. The number of piperazine rings is 1. The molecule has 0 atom stereocenters. The third-order valence-corrected chi connectivity index (χ3v) is 4.96. The van der Waals surface area contributed by atoms with Crippen molar-refractivity contribution in [1.29, 1.82) is 0 Å². The maximum atomic E-state index is 12.5. The van der Waals surface area contributed by atoms with E-state index < -0.39 is 0 Å². The maximum Gasteiger partial charge on any atom is 0.251 e. The SMILES string of the molecule is CC(=O)c1ccc(NC(=O)/C(C)=C\C(=O)N2CCN(c3ccccc3)CC2)cc1. The summed E-state index contributed by atoms with van der Waals surface area (Å²) in [6.45, 7) is 5.87. The van der Waals surface area contributed by atoms with Crippen LogP contribution in [0.15, 0.2) is 66.2 Å². The number of para-hydroxylation sites is 1. The Bertz CT molecular complexity index is 912. The largest absolute Gasteiger partial charge is 0.368 e. The summed E-state index contributed by atoms with van der Waals surface area (Å²) in [5, 5.41) is 2.75. The summed E-state index contributed by atoms with van der Waals surface area (Å²) in [4.78, 5) is 40.2. The normalized spacial score (nSPS) is 14.5. The molecule has 0 spiro atoms. The van der Waals surface area contributed by atoms with Gasteiger partial charge in [0.05, 0.1) is 0 Å². The minimum Gasteiger partial charge on any atom is -0.368 e. The molecule has 150 valence electrons. The van der Waals surface area contributed by atoms with E-state index in [1.807, 2.05) is 18.2 Å². The van der Waals surface area contributed by atoms with E-state index in [9.17, 15) is 14.4 Å². The summed E-state index contributed by atoms with van der Waals surface area (Å²) in [7, 11) is 0. The van der Waals surface area contributed by atoms with E-state index >= 15 is 0 Å². The quantitative estimate of drug-likeness (QED) is 0.628. The highest BCUT2D eigenvalue weighted by molar-refractivity contribution is 6.07. The van der Waals surface area contributed by atoms with Crippen LogP contribution in [-0.4, -0.2) is 48.7 Å². The topological polar surface area (TPSA) is 69.7 Å². The molecule has 0 saturated carbocycles. The van der Waals surface area contributed by atoms with Crippen molar-refractivity contribution < 1.29 is 14.4 Å². The predicted octanol–water partition coefficient (Wildman–Crippen LogP) is 3.12. The molecule has 0 radical (unpaired) electrons. The van der Waals surface area contributed by atoms with Crippen molar-refractivity contribution in [2.75, 3.05) is 36.4 Å². The average molecular weight is 391 g/mol. The van der Waals surface area contributed by atoms with Gasteiger partial charge in [-0.25, -0.2) is 0 Å². The van der Waals surface area contributed by atoms with Gasteiger partial charge in [-0.05, 0) is 50.2 Å². The van der Waals surface area contributed by atoms with Crippen LogP contribution in [0, 0.1) is 0 Å². The number of Topliss-reactive ketones (excluding diaryl/α,β-unsaturated/α-hetero) is 1. The lowest BCUT2D eigenvalue weighted by Gasteiger charge is -2.35. The number of nitrogens with one attached hydrogen (secondary N) is 1. The molecule has 29 heavy (non-hydrogen) atoms. The van der Waals surface area contributed by atoms with Gasteiger partial charge in [0, 0.05) is 54.8 Å². The number of carbonyl (C=O) groups is 3. The molecule has 3 rings (SSSR count). The Kier molecular flexibility index (Phi) is 6.44. The minimum absolute atomic E-state index is 0.0306. The van der Waals surface area contributed by atoms with Crippen LogP contribution in [0.1, 0.15) is 24.2 Å². The monoisotopic (exact) mass is 391 g/mol. The van der Waals surface area contributed by atoms with Gasteiger partial charge in [0.15, 0.2) is 5.78 Å². The van der Waals surface area contributed by atoms with Gasteiger partial charge in [0.2, 0.25) is 5.91 Å². The molecule has 2 amide bonds. The number of benzene rings is 2. The van der Waals surface area contributed by atoms with E-state index in [1.54, 1.807) is 36.1 Å². The van der Waals surface area contributed by atoms with Crippen LogP contribution in [0.5, 0.6) is 0 Å². The van der Waals surface area contributed by atoms with Gasteiger partial charge in [-0.1, -0.05) is 18.2 Å². The minimum atomic E-state index is -0.336. The van der Waals surface area contributed by atoms with Crippen LogP contribution in [-0.2, 0) is 9.59 Å². The molecular weight excluding hydrogens is 366 g/mol. The molecule has 6 nitrogen and oxygen atoms in total. The zero-order valence-corrected chi connectivity index (χ0v) is 16.7. The van der Waals surface area contributed by atoms with Crippen molar-refractivity contribution in [2.45, 2.75) is 13.8 Å². The Morgan fingerprint density at radius 1 is 0.862 bits per heavy atom. The summed E-state index contributed by atoms with van der Waals surface area (Å²) >= 11 is 0. The summed E-state index contributed by atoms with van der Waals surface area (Å²) in [5.74, 6) is -0.522. The molecule has 0 aromatic heterocycles. The Balaban J connectivity index is 1.54. The van der Waals surface area contributed by atoms with E-state index in [1.165, 1.54) is 13.0 Å². The first kappa shape index (κ1) is 20.3. The number of amides is 2. The smallest absolute Gasteiger partial charge is 0.251 e. The summed E-state index contributed by atoms with van der Waals surface area (Å²) in [5.41, 5.74) is 2.66. The Labute approximate surface area is 170 Å². The van der Waals surface area contributed by atoms with Crippen molar-refractivity contribution >= 4 is 29.0 Å². The van der Waals surface area contributed by atoms with Crippen LogP contribution < -0.4 is 10.2 Å². The number of nitrogens with zero attached hydrogens (tertiary/aromatic N) is 2. The van der Waals surface area contributed by atoms with Gasteiger partial charge in [-0.2, -0.15) is 0 Å². The van der Waals surface area contributed by atoms with Gasteiger partial charge < -0.3 is 15.1 Å². The number of carbonyl (C=O) groups excluding carboxylic acids is 3. The number of ketones is 1. The fourth-order valence-electron chi connectivity index (χ4n) is 3.18. The Morgan fingerprint density at radius 3 is 2.07 bits per heavy atom. The molecule has 1 heterocycles. The lowest BCUT2D eigenvalue weighted by Crippen LogP contribution is -2.48. The fourth-order valence-corrected chi connectivity index (χ4v) is 3.18. The van der Waals surface area contributed by atoms with Crippen molar-refractivity contribution in [3.63, 3.8) is 0 Å². The zero-order valence-electron chi connectivity index (χ0n) is 16.7. The van der Waals surface area contributed by atoms with E-state index in [0.717, 1.165) is 18.8 Å². The summed E-state index contributed by atoms with van der Waals surface area (Å²) < 4.78 is 0. The predicted molar refractivity (Wildman–Crippen MR) is 114 cm³/mol. The molecular formula is C23H25N3O3. The first-order valence-electron chi connectivity index (χ1n) is 9.63. The van der Waals surface area contributed by atoms with Crippen molar-refractivity contribution in [3.8, 4) is 0 Å². The van der Waals surface area contributed by atoms with E-state index in [-0.39, 0.29) is 17.6 Å². The number of hydrogen-bond donors (Lipinski definition) is 1. The molecule has 6 heteroatoms. The van der Waals surface area contributed by atoms with Gasteiger partial charge in [0.1, 0.15) is 0 Å². The molecule has 1 aliphatic heterocycles. The van der Waals surface area contributed by atoms with Crippen LogP contribution in [0.4, 0.5) is 11.4 Å². The number of rotatable bonds is 5. The first-order valence-corrected chi connectivity index (χ1v) is 9.63. The van der Waals surface area contributed by atoms with Crippen molar-refractivity contribution in [2.24, 2.45) is 0 Å². The van der Waals surface area contributed by atoms with Crippen LogP contribution in [0.25, 0.3) is 0 Å². The third-order valence-electron chi connectivity index (χ3n) is 4.96. The molecule has 0 bridgehead atoms. The van der Waals surface area contributed by atoms with Crippen LogP contribution in [0.2, 0.25) is 0 Å². The third kappa shape index (κ3) is 5.31. The summed E-state index contributed by atoms with van der Waals surface area (Å²) in [6.07, 6.45) is 1.39. The molecule has 2 aromatic carbocycles. The highest BCUT2D eigenvalue weighted by atomic mass is 16.2. The average Bonchev–Trinajstić information content (AvgIpc) is 2.74. The van der Waals surface area contributed by atoms with Crippen molar-refractivity contribution in [3.05, 3.63) is 71.8 Å². The standard InChI is InChI=1S/C23H25N3O3/c1-17(23(29)24-20-10-8-19(9-11-20)18(2)27)16-22(28)26-14-12-25(13-15-26)21-6-4-3-5-7-21/h3-11,16H,12-15H2,1-2H3,(H,24,29)/b17-16-. The lowest BCUT2D eigenvalue weighted by molar-refractivity contribution is -0.126. The van der Waals surface area contributed by atoms with Gasteiger partial charge in [-0.3, -0.25) is 14.4 Å². The highest BCUT2D eigenvalue weighted by Gasteiger charge is 2.20. The first-order chi connectivity index (χ1) is 13.9. The highest BCUT2D eigenvalue weighted by Crippen LogP contribution is 2.16. The molecule has 1 N–H and O–H groups in total. The summed E-state index contributed by atoms with van der Waals surface area (Å²) in [6, 6.07) is 16.8. The van der Waals surface area contributed by atoms with Gasteiger partial charge in [-0.15, -0.1) is 0 Å². The Hall–Kier alpha value is -3.41.